The Morgan fingerprint density at radius 3 is 2.56 bits per heavy atom. The van der Waals surface area contributed by atoms with Crippen LogP contribution in [0.5, 0.6) is 0 Å². The highest BCUT2D eigenvalue weighted by Gasteiger charge is 2.34. The minimum Gasteiger partial charge on any atom is -0.325 e. The Bertz CT molecular complexity index is 755. The Labute approximate surface area is 103 Å². The van der Waals surface area contributed by atoms with E-state index in [1.807, 2.05) is 0 Å². The van der Waals surface area contributed by atoms with Crippen LogP contribution in [0.2, 0.25) is 0 Å². The first-order chi connectivity index (χ1) is 8.46. The number of fused-ring (bicyclic) bond motifs is 1. The van der Waals surface area contributed by atoms with Crippen LogP contribution in [0.3, 0.4) is 0 Å². The summed E-state index contributed by atoms with van der Waals surface area (Å²) in [5, 5.41) is 0. The summed E-state index contributed by atoms with van der Waals surface area (Å²) in [6.07, 6.45) is 0. The normalized spacial score (nSPS) is 18.1. The highest BCUT2D eigenvalue weighted by atomic mass is 32.2. The summed E-state index contributed by atoms with van der Waals surface area (Å²) >= 11 is 0. The molecule has 0 amide bonds. The number of aromatic nitrogens is 2. The van der Waals surface area contributed by atoms with E-state index in [-0.39, 0.29) is 16.6 Å². The van der Waals surface area contributed by atoms with Crippen molar-refractivity contribution in [3.8, 4) is 0 Å². The van der Waals surface area contributed by atoms with Crippen molar-refractivity contribution in [2.45, 2.75) is 10.9 Å². The monoisotopic (exact) mass is 268 g/mol. The molecule has 0 saturated carbocycles. The van der Waals surface area contributed by atoms with Crippen LogP contribution in [0.4, 0.5) is 0 Å². The Morgan fingerprint density at radius 1 is 1.22 bits per heavy atom. The van der Waals surface area contributed by atoms with E-state index in [4.69, 9.17) is 5.73 Å². The van der Waals surface area contributed by atoms with Gasteiger partial charge in [-0.1, -0.05) is 0 Å². The molecule has 1 aliphatic rings. The maximum atomic E-state index is 12.2. The first-order valence-electron chi connectivity index (χ1n) is 5.44. The summed E-state index contributed by atoms with van der Waals surface area (Å²) in [6.45, 7) is 0.675. The van der Waals surface area contributed by atoms with E-state index in [0.29, 0.717) is 24.1 Å². The fraction of sp³-hybridized carbons (Fsp3) is 0.300. The number of hydrogen-bond acceptors (Lipinski definition) is 4. The number of aromatic amines is 2. The van der Waals surface area contributed by atoms with Gasteiger partial charge in [-0.25, -0.2) is 13.2 Å². The Morgan fingerprint density at radius 2 is 1.89 bits per heavy atom. The van der Waals surface area contributed by atoms with Crippen molar-refractivity contribution >= 4 is 21.1 Å². The maximum Gasteiger partial charge on any atom is 0.323 e. The molecule has 1 aromatic carbocycles. The second-order valence-electron chi connectivity index (χ2n) is 4.37. The number of hydrogen-bond donors (Lipinski definition) is 3. The molecule has 0 bridgehead atoms. The lowest BCUT2D eigenvalue weighted by atomic mass is 10.2. The summed E-state index contributed by atoms with van der Waals surface area (Å²) in [5.41, 5.74) is 6.28. The summed E-state index contributed by atoms with van der Waals surface area (Å²) < 4.78 is 25.7. The second kappa shape index (κ2) is 3.67. The van der Waals surface area contributed by atoms with Gasteiger partial charge < -0.3 is 15.7 Å². The van der Waals surface area contributed by atoms with Crippen LogP contribution >= 0.6 is 0 Å². The molecular formula is C10H12N4O3S. The minimum atomic E-state index is -3.50. The molecule has 18 heavy (non-hydrogen) atoms. The van der Waals surface area contributed by atoms with Crippen molar-refractivity contribution in [1.29, 1.82) is 0 Å². The van der Waals surface area contributed by atoms with Crippen LogP contribution in [-0.2, 0) is 10.0 Å². The van der Waals surface area contributed by atoms with Crippen LogP contribution in [0.15, 0.2) is 27.9 Å². The smallest absolute Gasteiger partial charge is 0.323 e. The average molecular weight is 268 g/mol. The highest BCUT2D eigenvalue weighted by Crippen LogP contribution is 2.22. The molecule has 0 atom stereocenters. The lowest BCUT2D eigenvalue weighted by molar-refractivity contribution is 0.265. The van der Waals surface area contributed by atoms with Crippen molar-refractivity contribution in [3.05, 3.63) is 28.7 Å². The van der Waals surface area contributed by atoms with Gasteiger partial charge in [-0.2, -0.15) is 4.31 Å². The van der Waals surface area contributed by atoms with E-state index >= 15 is 0 Å². The van der Waals surface area contributed by atoms with Crippen LogP contribution < -0.4 is 11.4 Å². The van der Waals surface area contributed by atoms with E-state index in [0.717, 1.165) is 0 Å². The zero-order valence-electron chi connectivity index (χ0n) is 9.38. The number of benzene rings is 1. The molecule has 96 valence electrons. The van der Waals surface area contributed by atoms with Gasteiger partial charge in [0.1, 0.15) is 0 Å². The standard InChI is InChI=1S/C10H12N4O3S/c11-6-4-14(5-6)18(16,17)7-1-2-8-9(3-7)13-10(15)12-8/h1-3,6H,4-5,11H2,(H2,12,13,15). The highest BCUT2D eigenvalue weighted by molar-refractivity contribution is 7.89. The van der Waals surface area contributed by atoms with Gasteiger partial charge in [0.15, 0.2) is 0 Å². The molecule has 0 spiro atoms. The lowest BCUT2D eigenvalue weighted by Crippen LogP contribution is -2.57. The second-order valence-corrected chi connectivity index (χ2v) is 6.31. The molecule has 1 aliphatic heterocycles. The van der Waals surface area contributed by atoms with Crippen LogP contribution in [0.25, 0.3) is 11.0 Å². The molecule has 2 heterocycles. The van der Waals surface area contributed by atoms with Crippen molar-refractivity contribution in [2.24, 2.45) is 5.73 Å². The van der Waals surface area contributed by atoms with Gasteiger partial charge >= 0.3 is 5.69 Å². The molecule has 0 aliphatic carbocycles. The molecule has 1 fully saturated rings. The zero-order chi connectivity index (χ0) is 12.9. The molecule has 8 heteroatoms. The quantitative estimate of drug-likeness (QED) is 0.661. The number of imidazole rings is 1. The van der Waals surface area contributed by atoms with Gasteiger partial charge in [-0.05, 0) is 18.2 Å². The van der Waals surface area contributed by atoms with Gasteiger partial charge in [0.05, 0.1) is 15.9 Å². The van der Waals surface area contributed by atoms with E-state index in [9.17, 15) is 13.2 Å². The van der Waals surface area contributed by atoms with Crippen molar-refractivity contribution in [3.63, 3.8) is 0 Å². The average Bonchev–Trinajstić information content (AvgIpc) is 2.63. The molecule has 2 aromatic rings. The molecule has 0 radical (unpaired) electrons. The minimum absolute atomic E-state index is 0.0874. The van der Waals surface area contributed by atoms with Crippen LogP contribution in [-0.4, -0.2) is 41.8 Å². The SMILES string of the molecule is NC1CN(S(=O)(=O)c2ccc3[nH]c(=O)[nH]c3c2)C1. The fourth-order valence-corrected chi connectivity index (χ4v) is 3.57. The molecule has 0 unspecified atom stereocenters. The van der Waals surface area contributed by atoms with Crippen LogP contribution in [0, 0.1) is 0 Å². The third-order valence-corrected chi connectivity index (χ3v) is 4.83. The Kier molecular flexibility index (Phi) is 2.34. The maximum absolute atomic E-state index is 12.2. The van der Waals surface area contributed by atoms with Gasteiger partial charge in [0, 0.05) is 19.1 Å². The number of rotatable bonds is 2. The largest absolute Gasteiger partial charge is 0.325 e. The molecule has 1 aromatic heterocycles. The number of nitrogens with two attached hydrogens (primary N) is 1. The first kappa shape index (κ1) is 11.5. The van der Waals surface area contributed by atoms with E-state index in [2.05, 4.69) is 9.97 Å². The van der Waals surface area contributed by atoms with E-state index < -0.39 is 10.0 Å². The Balaban J connectivity index is 2.06. The van der Waals surface area contributed by atoms with Gasteiger partial charge in [-0.3, -0.25) is 0 Å². The molecular weight excluding hydrogens is 256 g/mol. The lowest BCUT2D eigenvalue weighted by Gasteiger charge is -2.35. The summed E-state index contributed by atoms with van der Waals surface area (Å²) in [7, 11) is -3.50. The summed E-state index contributed by atoms with van der Waals surface area (Å²) in [5.74, 6) is 0. The molecule has 1 saturated heterocycles. The number of nitrogens with one attached hydrogen (secondary N) is 2. The van der Waals surface area contributed by atoms with Crippen molar-refractivity contribution in [2.75, 3.05) is 13.1 Å². The van der Waals surface area contributed by atoms with Crippen LogP contribution in [0.1, 0.15) is 0 Å². The number of nitrogens with zero attached hydrogens (tertiary/aromatic N) is 1. The zero-order valence-corrected chi connectivity index (χ0v) is 10.2. The predicted octanol–water partition coefficient (Wildman–Crippen LogP) is -0.812. The molecule has 7 nitrogen and oxygen atoms in total. The topological polar surface area (TPSA) is 112 Å². The summed E-state index contributed by atoms with van der Waals surface area (Å²) in [4.78, 5) is 16.4. The van der Waals surface area contributed by atoms with Gasteiger partial charge in [-0.15, -0.1) is 0 Å². The van der Waals surface area contributed by atoms with Crippen molar-refractivity contribution in [1.82, 2.24) is 14.3 Å². The van der Waals surface area contributed by atoms with Gasteiger partial charge in [0.25, 0.3) is 0 Å². The Hall–Kier alpha value is -1.64. The predicted molar refractivity (Wildman–Crippen MR) is 65.7 cm³/mol. The molecule has 3 rings (SSSR count). The number of H-pyrrole nitrogens is 2. The number of sulfonamides is 1. The third kappa shape index (κ3) is 1.65. The van der Waals surface area contributed by atoms with Gasteiger partial charge in [0.2, 0.25) is 10.0 Å². The third-order valence-electron chi connectivity index (χ3n) is 3.00. The van der Waals surface area contributed by atoms with E-state index in [1.165, 1.54) is 16.4 Å². The van der Waals surface area contributed by atoms with E-state index in [1.54, 1.807) is 6.07 Å². The fourth-order valence-electron chi connectivity index (χ4n) is 1.99. The summed E-state index contributed by atoms with van der Waals surface area (Å²) in [6, 6.07) is 4.41. The van der Waals surface area contributed by atoms with Crippen molar-refractivity contribution < 1.29 is 8.42 Å². The molecule has 4 N–H and O–H groups in total. The first-order valence-corrected chi connectivity index (χ1v) is 6.88.